The lowest BCUT2D eigenvalue weighted by atomic mass is 10.1. The predicted octanol–water partition coefficient (Wildman–Crippen LogP) is 0.538. The Morgan fingerprint density at radius 3 is 2.54 bits per heavy atom. The summed E-state index contributed by atoms with van der Waals surface area (Å²) in [6.45, 7) is 0. The Morgan fingerprint density at radius 2 is 2.08 bits per heavy atom. The Balaban J connectivity index is 2.85. The molecule has 0 amide bonds. The number of aliphatic hydroxyl groups is 2. The molecule has 13 heavy (non-hydrogen) atoms. The van der Waals surface area contributed by atoms with Crippen molar-refractivity contribution in [2.45, 2.75) is 12.2 Å². The molecule has 2 unspecified atom stereocenters. The second kappa shape index (κ2) is 4.01. The summed E-state index contributed by atoms with van der Waals surface area (Å²) in [5.74, 6) is 0. The number of hydrogen-bond donors (Lipinski definition) is 2. The van der Waals surface area contributed by atoms with Crippen LogP contribution in [0.2, 0.25) is 0 Å². The first-order valence-electron chi connectivity index (χ1n) is 3.43. The number of aliphatic hydroxyl groups excluding tert-OH is 2. The van der Waals surface area contributed by atoms with Crippen LogP contribution in [0, 0.1) is 22.7 Å². The standard InChI is InChI=1S/C8H6N2O2S/c9-2-6-1-5(4-13-6)8(12)7(11)3-10/h1,4,7-8,11-12H. The molecule has 0 radical (unpaired) electrons. The Hall–Kier alpha value is -1.40. The maximum atomic E-state index is 9.32. The van der Waals surface area contributed by atoms with Gasteiger partial charge in [-0.3, -0.25) is 0 Å². The minimum Gasteiger partial charge on any atom is -0.385 e. The Bertz CT molecular complexity index is 374. The van der Waals surface area contributed by atoms with E-state index in [1.165, 1.54) is 12.1 Å². The predicted molar refractivity (Wildman–Crippen MR) is 45.6 cm³/mol. The minimum absolute atomic E-state index is 0.399. The zero-order valence-electron chi connectivity index (χ0n) is 6.51. The van der Waals surface area contributed by atoms with Gasteiger partial charge in [-0.2, -0.15) is 10.5 Å². The first kappa shape index (κ1) is 9.69. The first-order chi connectivity index (χ1) is 6.19. The average Bonchev–Trinajstić information content (AvgIpc) is 2.63. The molecule has 0 aliphatic rings. The molecular formula is C8H6N2O2S. The summed E-state index contributed by atoms with van der Waals surface area (Å²) in [6.07, 6.45) is -2.68. The molecule has 5 heteroatoms. The van der Waals surface area contributed by atoms with E-state index in [-0.39, 0.29) is 0 Å². The van der Waals surface area contributed by atoms with Gasteiger partial charge in [-0.05, 0) is 17.0 Å². The quantitative estimate of drug-likeness (QED) is 0.672. The molecule has 1 aromatic heterocycles. The second-order valence-electron chi connectivity index (χ2n) is 2.37. The van der Waals surface area contributed by atoms with Gasteiger partial charge in [0.05, 0.1) is 6.07 Å². The van der Waals surface area contributed by atoms with Gasteiger partial charge in [-0.1, -0.05) is 0 Å². The molecule has 2 atom stereocenters. The van der Waals surface area contributed by atoms with E-state index in [9.17, 15) is 5.11 Å². The molecule has 0 bridgehead atoms. The van der Waals surface area contributed by atoms with Gasteiger partial charge in [0.15, 0.2) is 6.10 Å². The van der Waals surface area contributed by atoms with E-state index in [1.807, 2.05) is 6.07 Å². The van der Waals surface area contributed by atoms with Crippen LogP contribution in [0.4, 0.5) is 0 Å². The third-order valence-electron chi connectivity index (χ3n) is 1.50. The van der Waals surface area contributed by atoms with Gasteiger partial charge in [0.1, 0.15) is 17.1 Å². The first-order valence-corrected chi connectivity index (χ1v) is 4.31. The normalized spacial score (nSPS) is 14.2. The van der Waals surface area contributed by atoms with Gasteiger partial charge < -0.3 is 10.2 Å². The van der Waals surface area contributed by atoms with Gasteiger partial charge in [-0.25, -0.2) is 0 Å². The molecule has 0 fully saturated rings. The summed E-state index contributed by atoms with van der Waals surface area (Å²) in [5.41, 5.74) is 0.399. The van der Waals surface area contributed by atoms with Crippen molar-refractivity contribution in [1.29, 1.82) is 10.5 Å². The number of hydrogen-bond acceptors (Lipinski definition) is 5. The van der Waals surface area contributed by atoms with Crippen LogP contribution in [-0.4, -0.2) is 16.3 Å². The van der Waals surface area contributed by atoms with Crippen molar-refractivity contribution in [2.75, 3.05) is 0 Å². The lowest BCUT2D eigenvalue weighted by Gasteiger charge is -2.08. The zero-order chi connectivity index (χ0) is 9.84. The number of thiophene rings is 1. The molecule has 1 aromatic rings. The lowest BCUT2D eigenvalue weighted by Crippen LogP contribution is -2.14. The highest BCUT2D eigenvalue weighted by atomic mass is 32.1. The van der Waals surface area contributed by atoms with Gasteiger partial charge in [0, 0.05) is 0 Å². The lowest BCUT2D eigenvalue weighted by molar-refractivity contribution is 0.0531. The van der Waals surface area contributed by atoms with E-state index in [4.69, 9.17) is 15.6 Å². The SMILES string of the molecule is N#Cc1cc(C(O)C(O)C#N)cs1. The third kappa shape index (κ3) is 2.04. The molecule has 0 aliphatic heterocycles. The summed E-state index contributed by atoms with van der Waals surface area (Å²) in [5, 5.41) is 36.6. The van der Waals surface area contributed by atoms with Crippen LogP contribution in [-0.2, 0) is 0 Å². The Kier molecular flexibility index (Phi) is 2.99. The highest BCUT2D eigenvalue weighted by molar-refractivity contribution is 7.10. The molecule has 2 N–H and O–H groups in total. The van der Waals surface area contributed by atoms with Crippen LogP contribution in [0.5, 0.6) is 0 Å². The van der Waals surface area contributed by atoms with E-state index in [0.717, 1.165) is 11.3 Å². The van der Waals surface area contributed by atoms with Crippen LogP contribution in [0.1, 0.15) is 16.5 Å². The van der Waals surface area contributed by atoms with Crippen LogP contribution in [0.3, 0.4) is 0 Å². The Labute approximate surface area is 78.9 Å². The van der Waals surface area contributed by atoms with Crippen molar-refractivity contribution in [3.63, 3.8) is 0 Å². The van der Waals surface area contributed by atoms with Gasteiger partial charge in [0.25, 0.3) is 0 Å². The molecule has 0 spiro atoms. The summed E-state index contributed by atoms with van der Waals surface area (Å²) in [7, 11) is 0. The maximum absolute atomic E-state index is 9.32. The number of nitriles is 2. The molecule has 66 valence electrons. The van der Waals surface area contributed by atoms with Crippen molar-refractivity contribution in [3.05, 3.63) is 21.9 Å². The monoisotopic (exact) mass is 194 g/mol. The van der Waals surface area contributed by atoms with Crippen LogP contribution in [0.15, 0.2) is 11.4 Å². The van der Waals surface area contributed by atoms with Crippen molar-refractivity contribution in [1.82, 2.24) is 0 Å². The largest absolute Gasteiger partial charge is 0.385 e. The van der Waals surface area contributed by atoms with Crippen LogP contribution in [0.25, 0.3) is 0 Å². The zero-order valence-corrected chi connectivity index (χ0v) is 7.32. The topological polar surface area (TPSA) is 88.0 Å². The molecule has 1 heterocycles. The van der Waals surface area contributed by atoms with Crippen molar-refractivity contribution < 1.29 is 10.2 Å². The fraction of sp³-hybridized carbons (Fsp3) is 0.250. The van der Waals surface area contributed by atoms with E-state index < -0.39 is 12.2 Å². The van der Waals surface area contributed by atoms with Gasteiger partial charge >= 0.3 is 0 Å². The van der Waals surface area contributed by atoms with E-state index >= 15 is 0 Å². The third-order valence-corrected chi connectivity index (χ3v) is 2.36. The summed E-state index contributed by atoms with van der Waals surface area (Å²) in [6, 6.07) is 4.87. The molecular weight excluding hydrogens is 188 g/mol. The van der Waals surface area contributed by atoms with E-state index in [1.54, 1.807) is 5.38 Å². The highest BCUT2D eigenvalue weighted by Crippen LogP contribution is 2.22. The molecule has 4 nitrogen and oxygen atoms in total. The molecule has 1 rings (SSSR count). The van der Waals surface area contributed by atoms with E-state index in [2.05, 4.69) is 0 Å². The fourth-order valence-corrected chi connectivity index (χ4v) is 1.54. The summed E-state index contributed by atoms with van der Waals surface area (Å²) >= 11 is 1.16. The summed E-state index contributed by atoms with van der Waals surface area (Å²) < 4.78 is 0. The molecule has 0 saturated heterocycles. The fourth-order valence-electron chi connectivity index (χ4n) is 0.818. The van der Waals surface area contributed by atoms with Crippen LogP contribution >= 0.6 is 11.3 Å². The van der Waals surface area contributed by atoms with Crippen molar-refractivity contribution in [3.8, 4) is 12.1 Å². The molecule has 0 aromatic carbocycles. The van der Waals surface area contributed by atoms with Crippen LogP contribution < -0.4 is 0 Å². The van der Waals surface area contributed by atoms with Crippen molar-refractivity contribution >= 4 is 11.3 Å². The molecule has 0 saturated carbocycles. The molecule has 0 aliphatic carbocycles. The van der Waals surface area contributed by atoms with Crippen molar-refractivity contribution in [2.24, 2.45) is 0 Å². The minimum atomic E-state index is -1.44. The smallest absolute Gasteiger partial charge is 0.170 e. The Morgan fingerprint density at radius 1 is 1.38 bits per heavy atom. The number of nitrogens with zero attached hydrogens (tertiary/aromatic N) is 2. The van der Waals surface area contributed by atoms with Gasteiger partial charge in [-0.15, -0.1) is 11.3 Å². The summed E-state index contributed by atoms with van der Waals surface area (Å²) in [4.78, 5) is 0.444. The highest BCUT2D eigenvalue weighted by Gasteiger charge is 2.18. The number of rotatable bonds is 2. The van der Waals surface area contributed by atoms with E-state index in [0.29, 0.717) is 10.4 Å². The second-order valence-corrected chi connectivity index (χ2v) is 3.29. The average molecular weight is 194 g/mol. The van der Waals surface area contributed by atoms with Gasteiger partial charge in [0.2, 0.25) is 0 Å². The maximum Gasteiger partial charge on any atom is 0.170 e.